The van der Waals surface area contributed by atoms with E-state index in [-0.39, 0.29) is 5.91 Å². The average molecular weight is 295 g/mol. The molecule has 1 saturated heterocycles. The lowest BCUT2D eigenvalue weighted by molar-refractivity contribution is 0.0747. The van der Waals surface area contributed by atoms with Gasteiger partial charge in [-0.05, 0) is 29.8 Å². The highest BCUT2D eigenvalue weighted by atomic mass is 16.2. The van der Waals surface area contributed by atoms with Crippen LogP contribution in [0.15, 0.2) is 54.6 Å². The van der Waals surface area contributed by atoms with Crippen molar-refractivity contribution >= 4 is 11.6 Å². The molecule has 0 aliphatic carbocycles. The summed E-state index contributed by atoms with van der Waals surface area (Å²) in [5, 5.41) is 0. The second kappa shape index (κ2) is 6.62. The standard InChI is InChI=1S/C18H21N3O/c19-14-15-6-8-17(9-7-15)20-10-12-21(13-11-20)18(22)16-4-2-1-3-5-16/h1-9H,10-14,19H2. The molecule has 2 aromatic carbocycles. The number of carbonyl (C=O) groups is 1. The fourth-order valence-electron chi connectivity index (χ4n) is 2.77. The minimum absolute atomic E-state index is 0.124. The number of amides is 1. The first kappa shape index (κ1) is 14.6. The van der Waals surface area contributed by atoms with E-state index in [9.17, 15) is 4.79 Å². The summed E-state index contributed by atoms with van der Waals surface area (Å²) in [7, 11) is 0. The zero-order valence-corrected chi connectivity index (χ0v) is 12.6. The van der Waals surface area contributed by atoms with Crippen molar-refractivity contribution in [2.24, 2.45) is 5.73 Å². The van der Waals surface area contributed by atoms with Crippen molar-refractivity contribution in [1.29, 1.82) is 0 Å². The third kappa shape index (κ3) is 3.12. The molecule has 0 atom stereocenters. The van der Waals surface area contributed by atoms with Crippen molar-refractivity contribution in [2.45, 2.75) is 6.54 Å². The van der Waals surface area contributed by atoms with Crippen LogP contribution >= 0.6 is 0 Å². The lowest BCUT2D eigenvalue weighted by atomic mass is 10.1. The number of anilines is 1. The summed E-state index contributed by atoms with van der Waals surface area (Å²) < 4.78 is 0. The van der Waals surface area contributed by atoms with Gasteiger partial charge in [0, 0.05) is 44.0 Å². The van der Waals surface area contributed by atoms with Crippen molar-refractivity contribution in [2.75, 3.05) is 31.1 Å². The van der Waals surface area contributed by atoms with Gasteiger partial charge in [0.25, 0.3) is 5.91 Å². The van der Waals surface area contributed by atoms with E-state index in [0.717, 1.165) is 37.3 Å². The summed E-state index contributed by atoms with van der Waals surface area (Å²) in [6, 6.07) is 17.8. The summed E-state index contributed by atoms with van der Waals surface area (Å²) in [5.41, 5.74) is 8.73. The molecule has 1 fully saturated rings. The number of hydrogen-bond donors (Lipinski definition) is 1. The smallest absolute Gasteiger partial charge is 0.253 e. The first-order chi connectivity index (χ1) is 10.8. The van der Waals surface area contributed by atoms with Crippen LogP contribution in [0.1, 0.15) is 15.9 Å². The summed E-state index contributed by atoms with van der Waals surface area (Å²) in [6.45, 7) is 3.81. The highest BCUT2D eigenvalue weighted by Gasteiger charge is 2.22. The van der Waals surface area contributed by atoms with Crippen LogP contribution in [-0.4, -0.2) is 37.0 Å². The number of benzene rings is 2. The molecule has 0 spiro atoms. The first-order valence-electron chi connectivity index (χ1n) is 7.66. The van der Waals surface area contributed by atoms with Gasteiger partial charge >= 0.3 is 0 Å². The van der Waals surface area contributed by atoms with E-state index < -0.39 is 0 Å². The van der Waals surface area contributed by atoms with Crippen molar-refractivity contribution in [1.82, 2.24) is 4.90 Å². The van der Waals surface area contributed by atoms with E-state index in [1.165, 1.54) is 5.69 Å². The van der Waals surface area contributed by atoms with Gasteiger partial charge in [-0.25, -0.2) is 0 Å². The van der Waals surface area contributed by atoms with E-state index in [2.05, 4.69) is 29.2 Å². The van der Waals surface area contributed by atoms with Gasteiger partial charge in [-0.1, -0.05) is 30.3 Å². The van der Waals surface area contributed by atoms with Gasteiger partial charge < -0.3 is 15.5 Å². The van der Waals surface area contributed by atoms with Gasteiger partial charge in [0.05, 0.1) is 0 Å². The normalized spacial score (nSPS) is 15.0. The molecule has 2 aromatic rings. The number of piperazine rings is 1. The quantitative estimate of drug-likeness (QED) is 0.943. The van der Waals surface area contributed by atoms with Crippen LogP contribution in [-0.2, 0) is 6.54 Å². The Morgan fingerprint density at radius 2 is 1.55 bits per heavy atom. The van der Waals surface area contributed by atoms with Gasteiger partial charge in [-0.2, -0.15) is 0 Å². The zero-order valence-electron chi connectivity index (χ0n) is 12.6. The van der Waals surface area contributed by atoms with Crippen LogP contribution in [0.25, 0.3) is 0 Å². The number of nitrogens with zero attached hydrogens (tertiary/aromatic N) is 2. The number of nitrogens with two attached hydrogens (primary N) is 1. The Labute approximate surface area is 131 Å². The fourth-order valence-corrected chi connectivity index (χ4v) is 2.77. The van der Waals surface area contributed by atoms with Crippen molar-refractivity contribution in [3.63, 3.8) is 0 Å². The molecule has 1 aliphatic heterocycles. The fraction of sp³-hybridized carbons (Fsp3) is 0.278. The Kier molecular flexibility index (Phi) is 4.39. The minimum Gasteiger partial charge on any atom is -0.368 e. The van der Waals surface area contributed by atoms with Crippen LogP contribution in [0.2, 0.25) is 0 Å². The van der Waals surface area contributed by atoms with E-state index in [4.69, 9.17) is 5.73 Å². The predicted molar refractivity (Wildman–Crippen MR) is 88.9 cm³/mol. The molecule has 2 N–H and O–H groups in total. The maximum atomic E-state index is 12.4. The van der Waals surface area contributed by atoms with E-state index in [1.807, 2.05) is 35.2 Å². The molecule has 1 aliphatic rings. The number of carbonyl (C=O) groups excluding carboxylic acids is 1. The SMILES string of the molecule is NCc1ccc(N2CCN(C(=O)c3ccccc3)CC2)cc1. The largest absolute Gasteiger partial charge is 0.368 e. The summed E-state index contributed by atoms with van der Waals surface area (Å²) in [6.07, 6.45) is 0. The van der Waals surface area contributed by atoms with Crippen LogP contribution in [0.5, 0.6) is 0 Å². The molecule has 1 amide bonds. The van der Waals surface area contributed by atoms with Crippen molar-refractivity contribution < 1.29 is 4.79 Å². The van der Waals surface area contributed by atoms with E-state index >= 15 is 0 Å². The molecule has 0 radical (unpaired) electrons. The van der Waals surface area contributed by atoms with Gasteiger partial charge in [-0.3, -0.25) is 4.79 Å². The molecule has 0 bridgehead atoms. The number of hydrogen-bond acceptors (Lipinski definition) is 3. The van der Waals surface area contributed by atoms with Gasteiger partial charge in [0.2, 0.25) is 0 Å². The summed E-state index contributed by atoms with van der Waals surface area (Å²) >= 11 is 0. The lowest BCUT2D eigenvalue weighted by Gasteiger charge is -2.36. The van der Waals surface area contributed by atoms with Crippen molar-refractivity contribution in [3.05, 3.63) is 65.7 Å². The molecule has 0 unspecified atom stereocenters. The van der Waals surface area contributed by atoms with Gasteiger partial charge in [0.1, 0.15) is 0 Å². The minimum atomic E-state index is 0.124. The van der Waals surface area contributed by atoms with E-state index in [1.54, 1.807) is 0 Å². The van der Waals surface area contributed by atoms with Crippen LogP contribution in [0, 0.1) is 0 Å². The molecule has 0 aromatic heterocycles. The second-order valence-corrected chi connectivity index (χ2v) is 5.52. The lowest BCUT2D eigenvalue weighted by Crippen LogP contribution is -2.48. The third-order valence-corrected chi connectivity index (χ3v) is 4.12. The Balaban J connectivity index is 1.61. The first-order valence-corrected chi connectivity index (χ1v) is 7.66. The molecule has 4 heteroatoms. The monoisotopic (exact) mass is 295 g/mol. The molecule has 0 saturated carbocycles. The summed E-state index contributed by atoms with van der Waals surface area (Å²) in [5.74, 6) is 0.124. The highest BCUT2D eigenvalue weighted by molar-refractivity contribution is 5.94. The van der Waals surface area contributed by atoms with E-state index in [0.29, 0.717) is 6.54 Å². The Morgan fingerprint density at radius 1 is 0.909 bits per heavy atom. The maximum Gasteiger partial charge on any atom is 0.253 e. The van der Waals surface area contributed by atoms with Crippen LogP contribution in [0.4, 0.5) is 5.69 Å². The van der Waals surface area contributed by atoms with Gasteiger partial charge in [0.15, 0.2) is 0 Å². The van der Waals surface area contributed by atoms with Crippen molar-refractivity contribution in [3.8, 4) is 0 Å². The number of rotatable bonds is 3. The molecular formula is C18H21N3O. The predicted octanol–water partition coefficient (Wildman–Crippen LogP) is 2.11. The highest BCUT2D eigenvalue weighted by Crippen LogP contribution is 2.18. The molecular weight excluding hydrogens is 274 g/mol. The molecule has 114 valence electrons. The second-order valence-electron chi connectivity index (χ2n) is 5.52. The van der Waals surface area contributed by atoms with Gasteiger partial charge in [-0.15, -0.1) is 0 Å². The Bertz CT molecular complexity index is 617. The topological polar surface area (TPSA) is 49.6 Å². The molecule has 4 nitrogen and oxygen atoms in total. The average Bonchev–Trinajstić information content (AvgIpc) is 2.62. The Hall–Kier alpha value is -2.33. The van der Waals surface area contributed by atoms with Crippen LogP contribution in [0.3, 0.4) is 0 Å². The maximum absolute atomic E-state index is 12.4. The molecule has 22 heavy (non-hydrogen) atoms. The third-order valence-electron chi connectivity index (χ3n) is 4.12. The zero-order chi connectivity index (χ0) is 15.4. The summed E-state index contributed by atoms with van der Waals surface area (Å²) in [4.78, 5) is 16.7. The Morgan fingerprint density at radius 3 is 2.14 bits per heavy atom. The molecule has 1 heterocycles. The molecule has 3 rings (SSSR count). The van der Waals surface area contributed by atoms with Crippen LogP contribution < -0.4 is 10.6 Å².